The highest BCUT2D eigenvalue weighted by Crippen LogP contribution is 2.24. The van der Waals surface area contributed by atoms with Gasteiger partial charge < -0.3 is 15.0 Å². The second-order valence-electron chi connectivity index (χ2n) is 6.41. The van der Waals surface area contributed by atoms with Crippen LogP contribution in [0.1, 0.15) is 32.8 Å². The summed E-state index contributed by atoms with van der Waals surface area (Å²) in [5, 5.41) is 12.4. The van der Waals surface area contributed by atoms with E-state index in [2.05, 4.69) is 5.32 Å². The maximum Gasteiger partial charge on any atom is 0.257 e. The van der Waals surface area contributed by atoms with Crippen molar-refractivity contribution in [3.63, 3.8) is 0 Å². The summed E-state index contributed by atoms with van der Waals surface area (Å²) in [7, 11) is 1.84. The normalized spacial score (nSPS) is 11.0. The number of nitrogens with zero attached hydrogens (tertiary/aromatic N) is 1. The van der Waals surface area contributed by atoms with E-state index >= 15 is 0 Å². The molecule has 1 aromatic carbocycles. The van der Waals surface area contributed by atoms with Crippen molar-refractivity contribution in [2.75, 3.05) is 6.61 Å². The lowest BCUT2D eigenvalue weighted by molar-refractivity contribution is 0.0949. The smallest absolute Gasteiger partial charge is 0.257 e. The van der Waals surface area contributed by atoms with Gasteiger partial charge in [0, 0.05) is 31.3 Å². The topological polar surface area (TPSA) is 71.3 Å². The number of hydrogen-bond acceptors (Lipinski definition) is 4. The third-order valence-electron chi connectivity index (χ3n) is 4.30. The zero-order chi connectivity index (χ0) is 18.7. The summed E-state index contributed by atoms with van der Waals surface area (Å²) in [5.41, 5.74) is 2.06. The molecule has 1 amide bonds. The minimum Gasteiger partial charge on any atom is -0.396 e. The minimum atomic E-state index is -0.365. The second kappa shape index (κ2) is 7.85. The molecule has 2 heterocycles. The van der Waals surface area contributed by atoms with Gasteiger partial charge in [0.05, 0.1) is 5.39 Å². The molecule has 26 heavy (non-hydrogen) atoms. The number of rotatable bonds is 6. The van der Waals surface area contributed by atoms with Crippen LogP contribution in [0.15, 0.2) is 41.3 Å². The first-order valence-electron chi connectivity index (χ1n) is 8.56. The zero-order valence-electron chi connectivity index (χ0n) is 14.9. The predicted octanol–water partition coefficient (Wildman–Crippen LogP) is 2.76. The largest absolute Gasteiger partial charge is 0.396 e. The molecule has 0 saturated carbocycles. The Hall–Kier alpha value is -2.44. The molecule has 136 valence electrons. The van der Waals surface area contributed by atoms with Gasteiger partial charge in [0.2, 0.25) is 5.43 Å². The molecule has 0 aliphatic heterocycles. The molecule has 2 N–H and O–H groups in total. The molecule has 0 radical (unpaired) electrons. The lowest BCUT2D eigenvalue weighted by Crippen LogP contribution is -2.29. The van der Waals surface area contributed by atoms with Gasteiger partial charge in [-0.05, 0) is 31.4 Å². The SMILES string of the molecule is Cc1ccc(CNC(=O)c2cn(C)c3sc(CCCO)cc3c2=O)cc1. The number of aliphatic hydroxyl groups excluding tert-OH is 1. The zero-order valence-corrected chi connectivity index (χ0v) is 15.7. The fourth-order valence-electron chi connectivity index (χ4n) is 2.83. The molecule has 5 nitrogen and oxygen atoms in total. The van der Waals surface area contributed by atoms with Crippen LogP contribution >= 0.6 is 11.3 Å². The number of nitrogens with one attached hydrogen (secondary N) is 1. The molecule has 0 spiro atoms. The molecular formula is C20H22N2O3S. The molecule has 0 atom stereocenters. The first kappa shape index (κ1) is 18.4. The number of pyridine rings is 1. The molecule has 0 aliphatic rings. The lowest BCUT2D eigenvalue weighted by Gasteiger charge is -2.08. The lowest BCUT2D eigenvalue weighted by atomic mass is 10.1. The third-order valence-corrected chi connectivity index (χ3v) is 5.58. The molecule has 6 heteroatoms. The average molecular weight is 370 g/mol. The van der Waals surface area contributed by atoms with Gasteiger partial charge in [-0.3, -0.25) is 9.59 Å². The number of benzene rings is 1. The van der Waals surface area contributed by atoms with Crippen LogP contribution in [0, 0.1) is 6.92 Å². The fraction of sp³-hybridized carbons (Fsp3) is 0.300. The predicted molar refractivity (Wildman–Crippen MR) is 105 cm³/mol. The molecule has 0 unspecified atom stereocenters. The Balaban J connectivity index is 1.84. The molecule has 0 fully saturated rings. The van der Waals surface area contributed by atoms with Gasteiger partial charge in [0.25, 0.3) is 5.91 Å². The van der Waals surface area contributed by atoms with Crippen molar-refractivity contribution in [2.45, 2.75) is 26.3 Å². The number of aliphatic hydroxyl groups is 1. The Morgan fingerprint density at radius 1 is 1.27 bits per heavy atom. The van der Waals surface area contributed by atoms with Gasteiger partial charge >= 0.3 is 0 Å². The van der Waals surface area contributed by atoms with Crippen molar-refractivity contribution in [1.29, 1.82) is 0 Å². The number of amides is 1. The van der Waals surface area contributed by atoms with Crippen molar-refractivity contribution < 1.29 is 9.90 Å². The Morgan fingerprint density at radius 3 is 2.69 bits per heavy atom. The minimum absolute atomic E-state index is 0.122. The van der Waals surface area contributed by atoms with Crippen molar-refractivity contribution >= 4 is 27.5 Å². The van der Waals surface area contributed by atoms with E-state index in [0.29, 0.717) is 18.4 Å². The first-order chi connectivity index (χ1) is 12.5. The second-order valence-corrected chi connectivity index (χ2v) is 7.52. The number of carbonyl (C=O) groups is 1. The summed E-state index contributed by atoms with van der Waals surface area (Å²) in [6, 6.07) is 9.75. The van der Waals surface area contributed by atoms with Crippen molar-refractivity contribution in [2.24, 2.45) is 7.05 Å². The molecule has 0 saturated heterocycles. The maximum atomic E-state index is 12.7. The summed E-state index contributed by atoms with van der Waals surface area (Å²) in [6.45, 7) is 2.51. The van der Waals surface area contributed by atoms with Gasteiger partial charge in [-0.15, -0.1) is 11.3 Å². The number of fused-ring (bicyclic) bond motifs is 1. The van der Waals surface area contributed by atoms with Crippen LogP contribution in [-0.4, -0.2) is 22.2 Å². The first-order valence-corrected chi connectivity index (χ1v) is 9.38. The number of hydrogen-bond donors (Lipinski definition) is 2. The van der Waals surface area contributed by atoms with Gasteiger partial charge in [-0.2, -0.15) is 0 Å². The summed E-state index contributed by atoms with van der Waals surface area (Å²) >= 11 is 1.53. The van der Waals surface area contributed by atoms with Crippen molar-refractivity contribution in [3.05, 3.63) is 68.3 Å². The van der Waals surface area contributed by atoms with Crippen molar-refractivity contribution in [1.82, 2.24) is 9.88 Å². The van der Waals surface area contributed by atoms with Crippen LogP contribution in [0.5, 0.6) is 0 Å². The molecular weight excluding hydrogens is 348 g/mol. The van der Waals surface area contributed by atoms with Crippen LogP contribution < -0.4 is 10.7 Å². The third kappa shape index (κ3) is 3.86. The molecule has 3 aromatic rings. The van der Waals surface area contributed by atoms with Gasteiger partial charge in [0.1, 0.15) is 10.4 Å². The van der Waals surface area contributed by atoms with E-state index in [1.165, 1.54) is 11.3 Å². The van der Waals surface area contributed by atoms with Gasteiger partial charge in [-0.25, -0.2) is 0 Å². The molecule has 0 aliphatic carbocycles. The van der Waals surface area contributed by atoms with E-state index in [4.69, 9.17) is 5.11 Å². The van der Waals surface area contributed by atoms with E-state index in [-0.39, 0.29) is 23.5 Å². The van der Waals surface area contributed by atoms with E-state index in [1.807, 2.05) is 48.9 Å². The number of aromatic nitrogens is 1. The highest BCUT2D eigenvalue weighted by Gasteiger charge is 2.16. The Bertz CT molecular complexity index is 987. The maximum absolute atomic E-state index is 12.7. The highest BCUT2D eigenvalue weighted by molar-refractivity contribution is 7.18. The van der Waals surface area contributed by atoms with Crippen LogP contribution in [0.2, 0.25) is 0 Å². The Kier molecular flexibility index (Phi) is 5.54. The standard InChI is InChI=1S/C20H22N2O3S/c1-13-5-7-14(8-6-13)11-21-19(25)17-12-22(2)20-16(18(17)24)10-15(26-20)4-3-9-23/h5-8,10,12,23H,3-4,9,11H2,1-2H3,(H,21,25). The number of carbonyl (C=O) groups excluding carboxylic acids is 1. The molecule has 0 bridgehead atoms. The monoisotopic (exact) mass is 370 g/mol. The quantitative estimate of drug-likeness (QED) is 0.701. The number of aryl methyl sites for hydroxylation is 3. The molecule has 2 aromatic heterocycles. The van der Waals surface area contributed by atoms with E-state index in [1.54, 1.807) is 6.20 Å². The summed E-state index contributed by atoms with van der Waals surface area (Å²) in [4.78, 5) is 27.2. The van der Waals surface area contributed by atoms with E-state index < -0.39 is 0 Å². The number of thiophene rings is 1. The van der Waals surface area contributed by atoms with Gasteiger partial charge in [0.15, 0.2) is 0 Å². The van der Waals surface area contributed by atoms with Crippen LogP contribution in [-0.2, 0) is 20.0 Å². The van der Waals surface area contributed by atoms with Gasteiger partial charge in [-0.1, -0.05) is 29.8 Å². The van der Waals surface area contributed by atoms with Crippen LogP contribution in [0.4, 0.5) is 0 Å². The Labute approximate surface area is 155 Å². The average Bonchev–Trinajstić information content (AvgIpc) is 3.07. The van der Waals surface area contributed by atoms with Crippen molar-refractivity contribution in [3.8, 4) is 0 Å². The highest BCUT2D eigenvalue weighted by atomic mass is 32.1. The molecule has 3 rings (SSSR count). The van der Waals surface area contributed by atoms with Crippen LogP contribution in [0.25, 0.3) is 10.2 Å². The van der Waals surface area contributed by atoms with Crippen LogP contribution in [0.3, 0.4) is 0 Å². The van der Waals surface area contributed by atoms with E-state index in [0.717, 1.165) is 27.3 Å². The fourth-order valence-corrected chi connectivity index (χ4v) is 3.96. The van der Waals surface area contributed by atoms with E-state index in [9.17, 15) is 9.59 Å². The summed E-state index contributed by atoms with van der Waals surface area (Å²) in [6.07, 6.45) is 2.99. The summed E-state index contributed by atoms with van der Waals surface area (Å²) in [5.74, 6) is -0.365. The Morgan fingerprint density at radius 2 is 2.00 bits per heavy atom. The summed E-state index contributed by atoms with van der Waals surface area (Å²) < 4.78 is 1.82.